The topological polar surface area (TPSA) is 85.7 Å². The van der Waals surface area contributed by atoms with Crippen molar-refractivity contribution in [1.29, 1.82) is 0 Å². The number of nitrogens with one attached hydrogen (secondary N) is 1. The smallest absolute Gasteiger partial charge is 0.411 e. The molecule has 4 atom stereocenters. The van der Waals surface area contributed by atoms with Crippen LogP contribution in [0.2, 0.25) is 0 Å². The third-order valence-corrected chi connectivity index (χ3v) is 7.50. The Morgan fingerprint density at radius 2 is 1.86 bits per heavy atom. The lowest BCUT2D eigenvalue weighted by atomic mass is 9.74. The van der Waals surface area contributed by atoms with Gasteiger partial charge in [-0.05, 0) is 86.8 Å². The molecule has 6 rings (SSSR count). The second-order valence-corrected chi connectivity index (χ2v) is 9.70. The average molecular weight is 489 g/mol. The molecule has 0 aliphatic carbocycles. The molecule has 1 aromatic heterocycles. The molecule has 4 heterocycles. The highest BCUT2D eigenvalue weighted by Gasteiger charge is 2.42. The van der Waals surface area contributed by atoms with Crippen molar-refractivity contribution in [3.05, 3.63) is 65.9 Å². The number of Topliss-reactive ketones (excluding diaryl/α,β-unsaturated/α-hetero) is 1. The van der Waals surface area contributed by atoms with Crippen LogP contribution in [0.15, 0.2) is 54.6 Å². The highest BCUT2D eigenvalue weighted by Crippen LogP contribution is 2.42. The predicted octanol–water partition coefficient (Wildman–Crippen LogP) is 4.72. The van der Waals surface area contributed by atoms with Gasteiger partial charge in [-0.1, -0.05) is 0 Å². The van der Waals surface area contributed by atoms with Crippen molar-refractivity contribution in [1.82, 2.24) is 14.7 Å². The van der Waals surface area contributed by atoms with Crippen LogP contribution in [0.1, 0.15) is 41.7 Å². The van der Waals surface area contributed by atoms with E-state index in [1.807, 2.05) is 36.0 Å². The van der Waals surface area contributed by atoms with Gasteiger partial charge >= 0.3 is 6.09 Å². The lowest BCUT2D eigenvalue weighted by molar-refractivity contribution is -0.00222. The van der Waals surface area contributed by atoms with Gasteiger partial charge in [0, 0.05) is 48.1 Å². The van der Waals surface area contributed by atoms with E-state index >= 15 is 0 Å². The Labute approximate surface area is 211 Å². The number of ether oxygens (including phenoxy) is 2. The molecule has 8 nitrogen and oxygen atoms in total. The normalized spacial score (nSPS) is 22.8. The molecular formula is C28H32N4O4. The fourth-order valence-corrected chi connectivity index (χ4v) is 5.49. The molecule has 0 spiro atoms. The van der Waals surface area contributed by atoms with E-state index in [1.54, 1.807) is 31.4 Å². The van der Waals surface area contributed by atoms with Crippen LogP contribution in [-0.2, 0) is 11.8 Å². The quantitative estimate of drug-likeness (QED) is 0.484. The molecule has 0 radical (unpaired) electrons. The fraction of sp³-hybridized carbons (Fsp3) is 0.393. The molecule has 3 aliphatic heterocycles. The number of ketones is 1. The van der Waals surface area contributed by atoms with Crippen LogP contribution in [0.5, 0.6) is 5.75 Å². The second kappa shape index (κ2) is 10.1. The number of amides is 1. The van der Waals surface area contributed by atoms with Gasteiger partial charge in [0.25, 0.3) is 0 Å². The SMILES string of the molecule is COc1ccc(-c2cc([C@H]3CN4CC[C@@H]3C[C@@H]4COC(=O)Nc3ccc(C(C)=O)cc3)n(C)n2)cc1. The molecule has 1 amide bonds. The molecule has 1 N–H and O–H groups in total. The summed E-state index contributed by atoms with van der Waals surface area (Å²) < 4.78 is 12.9. The number of benzene rings is 2. The Morgan fingerprint density at radius 1 is 1.11 bits per heavy atom. The summed E-state index contributed by atoms with van der Waals surface area (Å²) in [6, 6.07) is 17.2. The number of carbonyl (C=O) groups excluding carboxylic acids is 2. The van der Waals surface area contributed by atoms with Gasteiger partial charge in [-0.3, -0.25) is 19.7 Å². The van der Waals surface area contributed by atoms with Gasteiger partial charge in [0.2, 0.25) is 0 Å². The third-order valence-electron chi connectivity index (χ3n) is 7.50. The Hall–Kier alpha value is -3.65. The van der Waals surface area contributed by atoms with Crippen LogP contribution in [0.25, 0.3) is 11.3 Å². The van der Waals surface area contributed by atoms with Gasteiger partial charge in [0.15, 0.2) is 5.78 Å². The maximum atomic E-state index is 12.4. The molecule has 188 valence electrons. The van der Waals surface area contributed by atoms with Gasteiger partial charge in [-0.15, -0.1) is 0 Å². The van der Waals surface area contributed by atoms with Crippen molar-refractivity contribution < 1.29 is 19.1 Å². The van der Waals surface area contributed by atoms with Crippen LogP contribution < -0.4 is 10.1 Å². The molecule has 1 unspecified atom stereocenters. The zero-order valence-electron chi connectivity index (χ0n) is 20.9. The molecule has 2 bridgehead atoms. The Balaban J connectivity index is 1.18. The molecular weight excluding hydrogens is 456 g/mol. The largest absolute Gasteiger partial charge is 0.497 e. The standard InChI is InChI=1S/C28H32N4O4/c1-18(33)19-4-8-22(9-5-19)29-28(34)36-17-23-14-21-12-13-32(23)16-25(21)27-15-26(30-31(27)2)20-6-10-24(35-3)11-7-20/h4-11,15,21,23,25H,12-14,16-17H2,1-3H3,(H,29,34)/t21-,23-,25+/m1/s1. The van der Waals surface area contributed by atoms with E-state index in [0.717, 1.165) is 42.9 Å². The van der Waals surface area contributed by atoms with Gasteiger partial charge in [-0.25, -0.2) is 4.79 Å². The van der Waals surface area contributed by atoms with Gasteiger partial charge in [-0.2, -0.15) is 5.10 Å². The van der Waals surface area contributed by atoms with Crippen LogP contribution in [-0.4, -0.2) is 59.4 Å². The number of methoxy groups -OCH3 is 1. The van der Waals surface area contributed by atoms with Crippen molar-refractivity contribution in [2.45, 2.75) is 31.7 Å². The number of hydrogen-bond acceptors (Lipinski definition) is 6. The number of rotatable bonds is 7. The number of piperidine rings is 3. The van der Waals surface area contributed by atoms with Crippen molar-refractivity contribution in [3.63, 3.8) is 0 Å². The maximum Gasteiger partial charge on any atom is 0.411 e. The first-order valence-electron chi connectivity index (χ1n) is 12.4. The Morgan fingerprint density at radius 3 is 2.50 bits per heavy atom. The first kappa shape index (κ1) is 24.1. The number of nitrogens with zero attached hydrogens (tertiary/aromatic N) is 3. The highest BCUT2D eigenvalue weighted by molar-refractivity contribution is 5.94. The Kier molecular flexibility index (Phi) is 6.78. The zero-order chi connectivity index (χ0) is 25.2. The monoisotopic (exact) mass is 488 g/mol. The minimum atomic E-state index is -0.472. The molecule has 3 aromatic rings. The molecule has 8 heteroatoms. The lowest BCUT2D eigenvalue weighted by Crippen LogP contribution is -2.54. The lowest BCUT2D eigenvalue weighted by Gasteiger charge is -2.49. The molecule has 3 aliphatic rings. The van der Waals surface area contributed by atoms with Crippen molar-refractivity contribution in [2.75, 3.05) is 32.1 Å². The number of aromatic nitrogens is 2. The maximum absolute atomic E-state index is 12.4. The zero-order valence-corrected chi connectivity index (χ0v) is 20.9. The summed E-state index contributed by atoms with van der Waals surface area (Å²) in [6.45, 7) is 3.84. The van der Waals surface area contributed by atoms with Crippen LogP contribution in [0.3, 0.4) is 0 Å². The first-order chi connectivity index (χ1) is 17.4. The molecule has 2 aromatic carbocycles. The van der Waals surface area contributed by atoms with Crippen LogP contribution in [0, 0.1) is 5.92 Å². The van der Waals surface area contributed by atoms with E-state index in [4.69, 9.17) is 14.6 Å². The van der Waals surface area contributed by atoms with E-state index in [9.17, 15) is 9.59 Å². The number of fused-ring (bicyclic) bond motifs is 3. The van der Waals surface area contributed by atoms with Crippen LogP contribution in [0.4, 0.5) is 10.5 Å². The summed E-state index contributed by atoms with van der Waals surface area (Å²) in [5, 5.41) is 7.54. The molecule has 3 fully saturated rings. The fourth-order valence-electron chi connectivity index (χ4n) is 5.49. The van der Waals surface area contributed by atoms with E-state index in [0.29, 0.717) is 29.7 Å². The average Bonchev–Trinajstić information content (AvgIpc) is 3.29. The molecule has 36 heavy (non-hydrogen) atoms. The summed E-state index contributed by atoms with van der Waals surface area (Å²) in [5.74, 6) is 1.77. The predicted molar refractivity (Wildman–Crippen MR) is 137 cm³/mol. The van der Waals surface area contributed by atoms with E-state index < -0.39 is 6.09 Å². The molecule has 0 saturated carbocycles. The van der Waals surface area contributed by atoms with Crippen molar-refractivity contribution in [3.8, 4) is 17.0 Å². The second-order valence-electron chi connectivity index (χ2n) is 9.70. The summed E-state index contributed by atoms with van der Waals surface area (Å²) >= 11 is 0. The summed E-state index contributed by atoms with van der Waals surface area (Å²) in [5.41, 5.74) is 4.52. The summed E-state index contributed by atoms with van der Waals surface area (Å²) in [4.78, 5) is 26.2. The number of hydrogen-bond donors (Lipinski definition) is 1. The van der Waals surface area contributed by atoms with Crippen molar-refractivity contribution >= 4 is 17.6 Å². The number of carbonyl (C=O) groups is 2. The minimum Gasteiger partial charge on any atom is -0.497 e. The minimum absolute atomic E-state index is 0.00749. The number of anilines is 1. The van der Waals surface area contributed by atoms with E-state index in [-0.39, 0.29) is 11.8 Å². The highest BCUT2D eigenvalue weighted by atomic mass is 16.5. The third kappa shape index (κ3) is 4.99. The van der Waals surface area contributed by atoms with E-state index in [2.05, 4.69) is 16.3 Å². The summed E-state index contributed by atoms with van der Waals surface area (Å²) in [7, 11) is 3.69. The van der Waals surface area contributed by atoms with Crippen molar-refractivity contribution in [2.24, 2.45) is 13.0 Å². The van der Waals surface area contributed by atoms with Gasteiger partial charge < -0.3 is 9.47 Å². The van der Waals surface area contributed by atoms with E-state index in [1.165, 1.54) is 12.6 Å². The molecule has 3 saturated heterocycles. The van der Waals surface area contributed by atoms with Gasteiger partial charge in [0.1, 0.15) is 12.4 Å². The number of aryl methyl sites for hydroxylation is 1. The van der Waals surface area contributed by atoms with Gasteiger partial charge in [0.05, 0.1) is 12.8 Å². The first-order valence-corrected chi connectivity index (χ1v) is 12.4. The van der Waals surface area contributed by atoms with Crippen LogP contribution >= 0.6 is 0 Å². The Bertz CT molecular complexity index is 1240. The summed E-state index contributed by atoms with van der Waals surface area (Å²) in [6.07, 6.45) is 1.66.